The van der Waals surface area contributed by atoms with Crippen LogP contribution in [-0.2, 0) is 4.79 Å². The minimum Gasteiger partial charge on any atom is -0.356 e. The third-order valence-corrected chi connectivity index (χ3v) is 2.15. The van der Waals surface area contributed by atoms with Gasteiger partial charge in [0.1, 0.15) is 0 Å². The molecular weight excluding hydrogens is 138 g/mol. The number of carbonyl (C=O) groups excluding carboxylic acids is 1. The molecule has 0 atom stereocenters. The van der Waals surface area contributed by atoms with Crippen molar-refractivity contribution in [3.8, 4) is 0 Å². The standard InChI is InChI=1S/C9H17NO/c11-9-7-5-3-1-2-4-6-8-10-9/h1-8H2,(H,10,11). The van der Waals surface area contributed by atoms with Crippen LogP contribution in [0.2, 0.25) is 0 Å². The van der Waals surface area contributed by atoms with Gasteiger partial charge < -0.3 is 5.32 Å². The van der Waals surface area contributed by atoms with Crippen LogP contribution < -0.4 is 5.32 Å². The van der Waals surface area contributed by atoms with Crippen molar-refractivity contribution in [2.24, 2.45) is 0 Å². The maximum Gasteiger partial charge on any atom is 0.219 e. The van der Waals surface area contributed by atoms with Gasteiger partial charge in [0.2, 0.25) is 5.91 Å². The summed E-state index contributed by atoms with van der Waals surface area (Å²) in [7, 11) is 0. The molecule has 0 bridgehead atoms. The molecule has 64 valence electrons. The third-order valence-electron chi connectivity index (χ3n) is 2.15. The maximum atomic E-state index is 11.0. The minimum atomic E-state index is 0.243. The first-order chi connectivity index (χ1) is 5.39. The van der Waals surface area contributed by atoms with Crippen molar-refractivity contribution in [3.63, 3.8) is 0 Å². The van der Waals surface area contributed by atoms with Crippen molar-refractivity contribution in [3.05, 3.63) is 0 Å². The van der Waals surface area contributed by atoms with E-state index in [1.807, 2.05) is 0 Å². The molecule has 11 heavy (non-hydrogen) atoms. The zero-order valence-corrected chi connectivity index (χ0v) is 7.07. The van der Waals surface area contributed by atoms with Gasteiger partial charge in [0.25, 0.3) is 0 Å². The van der Waals surface area contributed by atoms with Gasteiger partial charge in [-0.3, -0.25) is 4.79 Å². The van der Waals surface area contributed by atoms with E-state index >= 15 is 0 Å². The monoisotopic (exact) mass is 155 g/mol. The van der Waals surface area contributed by atoms with E-state index in [1.165, 1.54) is 25.7 Å². The Bertz CT molecular complexity index is 111. The number of rotatable bonds is 0. The molecule has 1 aliphatic heterocycles. The molecule has 2 nitrogen and oxygen atoms in total. The summed E-state index contributed by atoms with van der Waals surface area (Å²) < 4.78 is 0. The molecule has 1 heterocycles. The SMILES string of the molecule is O=C1CCCCCCCCN1. The number of hydrogen-bond donors (Lipinski definition) is 1. The van der Waals surface area contributed by atoms with E-state index in [2.05, 4.69) is 5.32 Å². The fourth-order valence-electron chi connectivity index (χ4n) is 1.43. The average molecular weight is 155 g/mol. The van der Waals surface area contributed by atoms with Gasteiger partial charge in [-0.25, -0.2) is 0 Å². The van der Waals surface area contributed by atoms with Gasteiger partial charge in [0, 0.05) is 13.0 Å². The molecule has 1 rings (SSSR count). The molecule has 1 fully saturated rings. The van der Waals surface area contributed by atoms with Crippen molar-refractivity contribution in [1.82, 2.24) is 5.32 Å². The zero-order valence-electron chi connectivity index (χ0n) is 7.07. The van der Waals surface area contributed by atoms with Crippen LogP contribution in [0, 0.1) is 0 Å². The Hall–Kier alpha value is -0.530. The lowest BCUT2D eigenvalue weighted by atomic mass is 10.1. The summed E-state index contributed by atoms with van der Waals surface area (Å²) in [6, 6.07) is 0. The Morgan fingerprint density at radius 3 is 2.36 bits per heavy atom. The summed E-state index contributed by atoms with van der Waals surface area (Å²) in [5.41, 5.74) is 0. The highest BCUT2D eigenvalue weighted by Gasteiger charge is 2.01. The maximum absolute atomic E-state index is 11.0. The van der Waals surface area contributed by atoms with Gasteiger partial charge in [-0.1, -0.05) is 25.7 Å². The van der Waals surface area contributed by atoms with E-state index in [-0.39, 0.29) is 5.91 Å². The van der Waals surface area contributed by atoms with Gasteiger partial charge in [-0.15, -0.1) is 0 Å². The van der Waals surface area contributed by atoms with Crippen molar-refractivity contribution in [2.45, 2.75) is 44.9 Å². The molecule has 0 radical (unpaired) electrons. The summed E-state index contributed by atoms with van der Waals surface area (Å²) >= 11 is 0. The summed E-state index contributed by atoms with van der Waals surface area (Å²) in [6.07, 6.45) is 8.13. The quantitative estimate of drug-likeness (QED) is 0.568. The highest BCUT2D eigenvalue weighted by atomic mass is 16.1. The van der Waals surface area contributed by atoms with Gasteiger partial charge in [0.15, 0.2) is 0 Å². The molecule has 0 aromatic heterocycles. The fourth-order valence-corrected chi connectivity index (χ4v) is 1.43. The molecule has 0 saturated carbocycles. The molecule has 0 aliphatic carbocycles. The molecule has 0 aromatic rings. The predicted molar refractivity (Wildman–Crippen MR) is 45.3 cm³/mol. The van der Waals surface area contributed by atoms with Crippen LogP contribution >= 0.6 is 0 Å². The molecule has 1 amide bonds. The third kappa shape index (κ3) is 4.02. The number of carbonyl (C=O) groups is 1. The second-order valence-electron chi connectivity index (χ2n) is 3.22. The van der Waals surface area contributed by atoms with Crippen LogP contribution in [0.25, 0.3) is 0 Å². The Labute approximate surface area is 68.4 Å². The van der Waals surface area contributed by atoms with Gasteiger partial charge >= 0.3 is 0 Å². The highest BCUT2D eigenvalue weighted by Crippen LogP contribution is 2.08. The van der Waals surface area contributed by atoms with E-state index in [1.54, 1.807) is 0 Å². The summed E-state index contributed by atoms with van der Waals surface area (Å²) in [4.78, 5) is 11.0. The molecule has 1 aliphatic rings. The summed E-state index contributed by atoms with van der Waals surface area (Å²) in [5.74, 6) is 0.243. The first-order valence-electron chi connectivity index (χ1n) is 4.66. The van der Waals surface area contributed by atoms with Crippen LogP contribution in [0.3, 0.4) is 0 Å². The van der Waals surface area contributed by atoms with Crippen LogP contribution in [-0.4, -0.2) is 12.5 Å². The van der Waals surface area contributed by atoms with Crippen molar-refractivity contribution >= 4 is 5.91 Å². The molecule has 1 N–H and O–H groups in total. The largest absolute Gasteiger partial charge is 0.356 e. The lowest BCUT2D eigenvalue weighted by Crippen LogP contribution is -2.24. The normalized spacial score (nSPS) is 22.4. The van der Waals surface area contributed by atoms with E-state index in [0.29, 0.717) is 0 Å². The van der Waals surface area contributed by atoms with E-state index in [9.17, 15) is 4.79 Å². The molecule has 0 aromatic carbocycles. The van der Waals surface area contributed by atoms with Crippen molar-refractivity contribution in [2.75, 3.05) is 6.54 Å². The van der Waals surface area contributed by atoms with Crippen LogP contribution in [0.15, 0.2) is 0 Å². The Kier molecular flexibility index (Phi) is 4.02. The highest BCUT2D eigenvalue weighted by molar-refractivity contribution is 5.75. The molecule has 2 heteroatoms. The Morgan fingerprint density at radius 2 is 1.55 bits per heavy atom. The molecule has 0 spiro atoms. The smallest absolute Gasteiger partial charge is 0.219 e. The number of amides is 1. The summed E-state index contributed by atoms with van der Waals surface area (Å²) in [6.45, 7) is 0.888. The van der Waals surface area contributed by atoms with Gasteiger partial charge in [-0.05, 0) is 12.8 Å². The number of nitrogens with one attached hydrogen (secondary N) is 1. The molecule has 0 unspecified atom stereocenters. The van der Waals surface area contributed by atoms with Crippen molar-refractivity contribution < 1.29 is 4.79 Å². The van der Waals surface area contributed by atoms with Crippen LogP contribution in [0.4, 0.5) is 0 Å². The Morgan fingerprint density at radius 1 is 0.909 bits per heavy atom. The van der Waals surface area contributed by atoms with Crippen LogP contribution in [0.5, 0.6) is 0 Å². The minimum absolute atomic E-state index is 0.243. The Balaban J connectivity index is 2.17. The second-order valence-corrected chi connectivity index (χ2v) is 3.22. The summed E-state index contributed by atoms with van der Waals surface area (Å²) in [5, 5.41) is 2.91. The lowest BCUT2D eigenvalue weighted by molar-refractivity contribution is -0.121. The van der Waals surface area contributed by atoms with Gasteiger partial charge in [-0.2, -0.15) is 0 Å². The van der Waals surface area contributed by atoms with E-state index < -0.39 is 0 Å². The molecule has 1 saturated heterocycles. The topological polar surface area (TPSA) is 29.1 Å². The van der Waals surface area contributed by atoms with Crippen molar-refractivity contribution in [1.29, 1.82) is 0 Å². The predicted octanol–water partition coefficient (Wildman–Crippen LogP) is 1.85. The lowest BCUT2D eigenvalue weighted by Gasteiger charge is -2.07. The van der Waals surface area contributed by atoms with E-state index in [4.69, 9.17) is 0 Å². The second kappa shape index (κ2) is 5.16. The van der Waals surface area contributed by atoms with E-state index in [0.717, 1.165) is 25.8 Å². The molecular formula is C9H17NO. The average Bonchev–Trinajstić information content (AvgIpc) is 2.03. The zero-order chi connectivity index (χ0) is 7.94. The fraction of sp³-hybridized carbons (Fsp3) is 0.889. The first kappa shape index (κ1) is 8.57. The number of hydrogen-bond acceptors (Lipinski definition) is 1. The first-order valence-corrected chi connectivity index (χ1v) is 4.66. The van der Waals surface area contributed by atoms with Crippen LogP contribution in [0.1, 0.15) is 44.9 Å². The van der Waals surface area contributed by atoms with Gasteiger partial charge in [0.05, 0.1) is 0 Å².